The van der Waals surface area contributed by atoms with Crippen LogP contribution in [0.3, 0.4) is 0 Å². The summed E-state index contributed by atoms with van der Waals surface area (Å²) in [6.45, 7) is 2.54. The number of nitro benzene ring substituents is 1. The summed E-state index contributed by atoms with van der Waals surface area (Å²) in [4.78, 5) is 24.2. The van der Waals surface area contributed by atoms with E-state index in [1.807, 2.05) is 6.92 Å². The molecule has 1 saturated heterocycles. The third-order valence-electron chi connectivity index (χ3n) is 3.39. The molecule has 1 fully saturated rings. The molecule has 1 amide bonds. The number of amides is 1. The molecule has 6 heteroatoms. The van der Waals surface area contributed by atoms with Gasteiger partial charge in [-0.1, -0.05) is 25.1 Å². The Hall–Kier alpha value is -1.95. The van der Waals surface area contributed by atoms with Crippen LogP contribution in [0.2, 0.25) is 0 Å². The van der Waals surface area contributed by atoms with Gasteiger partial charge in [-0.3, -0.25) is 14.9 Å². The topological polar surface area (TPSA) is 89.5 Å². The number of nitrogens with two attached hydrogens (primary N) is 1. The predicted molar refractivity (Wildman–Crippen MR) is 70.4 cm³/mol. The number of hydrogen-bond donors (Lipinski definition) is 1. The fourth-order valence-corrected chi connectivity index (χ4v) is 2.62. The Morgan fingerprint density at radius 2 is 2.16 bits per heavy atom. The van der Waals surface area contributed by atoms with Crippen LogP contribution < -0.4 is 5.73 Å². The van der Waals surface area contributed by atoms with E-state index < -0.39 is 11.0 Å². The summed E-state index contributed by atoms with van der Waals surface area (Å²) in [5, 5.41) is 11.1. The molecule has 0 bridgehead atoms. The zero-order valence-electron chi connectivity index (χ0n) is 10.8. The maximum Gasteiger partial charge on any atom is 0.274 e. The summed E-state index contributed by atoms with van der Waals surface area (Å²) in [7, 11) is 0. The number of carbonyl (C=O) groups excluding carboxylic acids is 1. The van der Waals surface area contributed by atoms with Crippen molar-refractivity contribution in [3.8, 4) is 0 Å². The van der Waals surface area contributed by atoms with E-state index in [9.17, 15) is 14.9 Å². The van der Waals surface area contributed by atoms with Crippen molar-refractivity contribution >= 4 is 11.6 Å². The number of likely N-dealkylation sites (tertiary alicyclic amines) is 1. The molecule has 0 aliphatic carbocycles. The number of nitro groups is 1. The van der Waals surface area contributed by atoms with Crippen LogP contribution in [0.15, 0.2) is 24.3 Å². The highest BCUT2D eigenvalue weighted by atomic mass is 16.6. The highest BCUT2D eigenvalue weighted by Crippen LogP contribution is 2.36. The summed E-state index contributed by atoms with van der Waals surface area (Å²) >= 11 is 0. The lowest BCUT2D eigenvalue weighted by atomic mass is 9.99. The van der Waals surface area contributed by atoms with Gasteiger partial charge in [-0.05, 0) is 6.42 Å². The minimum Gasteiger partial charge on any atom is -0.334 e. The third kappa shape index (κ3) is 2.44. The van der Waals surface area contributed by atoms with Gasteiger partial charge >= 0.3 is 0 Å². The number of carbonyl (C=O) groups is 1. The molecule has 2 atom stereocenters. The smallest absolute Gasteiger partial charge is 0.274 e. The standard InChI is InChI=1S/C13H17N3O3/c1-2-7-15-12(17)8-10(14)13(15)9-5-3-4-6-11(9)16(18)19/h3-6,10,13H,2,7-8,14H2,1H3. The van der Waals surface area contributed by atoms with E-state index in [2.05, 4.69) is 0 Å². The normalized spacial score (nSPS) is 22.8. The van der Waals surface area contributed by atoms with Gasteiger partial charge in [0.2, 0.25) is 5.91 Å². The van der Waals surface area contributed by atoms with E-state index in [-0.39, 0.29) is 24.1 Å². The van der Waals surface area contributed by atoms with Gasteiger partial charge in [0.15, 0.2) is 0 Å². The SMILES string of the molecule is CCCN1C(=O)CC(N)C1c1ccccc1[N+](=O)[O-]. The average Bonchev–Trinajstić information content (AvgIpc) is 2.65. The molecule has 1 aliphatic rings. The van der Waals surface area contributed by atoms with Crippen molar-refractivity contribution < 1.29 is 9.72 Å². The van der Waals surface area contributed by atoms with E-state index in [4.69, 9.17) is 5.73 Å². The van der Waals surface area contributed by atoms with Gasteiger partial charge in [0.05, 0.1) is 16.5 Å². The van der Waals surface area contributed by atoms with Crippen molar-refractivity contribution in [2.75, 3.05) is 6.54 Å². The molecule has 1 aliphatic heterocycles. The monoisotopic (exact) mass is 263 g/mol. The van der Waals surface area contributed by atoms with E-state index in [1.165, 1.54) is 6.07 Å². The Morgan fingerprint density at radius 3 is 2.79 bits per heavy atom. The van der Waals surface area contributed by atoms with Gasteiger partial charge < -0.3 is 10.6 Å². The molecular formula is C13H17N3O3. The number of rotatable bonds is 4. The Labute approximate surface area is 111 Å². The summed E-state index contributed by atoms with van der Waals surface area (Å²) in [5.41, 5.74) is 6.56. The summed E-state index contributed by atoms with van der Waals surface area (Å²) in [6, 6.07) is 5.71. The second kappa shape index (κ2) is 5.36. The van der Waals surface area contributed by atoms with Crippen molar-refractivity contribution in [2.45, 2.75) is 31.8 Å². The molecule has 2 rings (SSSR count). The third-order valence-corrected chi connectivity index (χ3v) is 3.39. The first-order valence-electron chi connectivity index (χ1n) is 6.34. The van der Waals surface area contributed by atoms with Crippen molar-refractivity contribution in [3.05, 3.63) is 39.9 Å². The van der Waals surface area contributed by atoms with Crippen LogP contribution in [0.5, 0.6) is 0 Å². The van der Waals surface area contributed by atoms with E-state index in [0.717, 1.165) is 6.42 Å². The zero-order valence-corrected chi connectivity index (χ0v) is 10.8. The lowest BCUT2D eigenvalue weighted by Gasteiger charge is -2.26. The van der Waals surface area contributed by atoms with Crippen molar-refractivity contribution in [2.24, 2.45) is 5.73 Å². The number of para-hydroxylation sites is 1. The average molecular weight is 263 g/mol. The number of nitrogens with zero attached hydrogens (tertiary/aromatic N) is 2. The van der Waals surface area contributed by atoms with Gasteiger partial charge in [0.25, 0.3) is 5.69 Å². The summed E-state index contributed by atoms with van der Waals surface area (Å²) < 4.78 is 0. The number of hydrogen-bond acceptors (Lipinski definition) is 4. The summed E-state index contributed by atoms with van der Waals surface area (Å²) in [5.74, 6) is -0.0301. The lowest BCUT2D eigenvalue weighted by Crippen LogP contribution is -2.34. The Morgan fingerprint density at radius 1 is 1.47 bits per heavy atom. The minimum absolute atomic E-state index is 0.0266. The highest BCUT2D eigenvalue weighted by molar-refractivity contribution is 5.80. The quantitative estimate of drug-likeness (QED) is 0.660. The maximum absolute atomic E-state index is 11.9. The Kier molecular flexibility index (Phi) is 3.80. The second-order valence-electron chi connectivity index (χ2n) is 4.72. The van der Waals surface area contributed by atoms with Crippen LogP contribution in [0, 0.1) is 10.1 Å². The summed E-state index contributed by atoms with van der Waals surface area (Å²) in [6.07, 6.45) is 1.05. The minimum atomic E-state index is -0.422. The largest absolute Gasteiger partial charge is 0.334 e. The molecule has 2 unspecified atom stereocenters. The molecule has 1 aromatic carbocycles. The van der Waals surface area contributed by atoms with Crippen LogP contribution in [0.25, 0.3) is 0 Å². The van der Waals surface area contributed by atoms with Gasteiger partial charge in [-0.25, -0.2) is 0 Å². The van der Waals surface area contributed by atoms with Gasteiger partial charge in [-0.15, -0.1) is 0 Å². The molecule has 1 heterocycles. The van der Waals surface area contributed by atoms with Gasteiger partial charge in [0.1, 0.15) is 0 Å². The van der Waals surface area contributed by atoms with Crippen LogP contribution >= 0.6 is 0 Å². The molecule has 0 spiro atoms. The highest BCUT2D eigenvalue weighted by Gasteiger charge is 2.40. The molecule has 102 valence electrons. The molecule has 19 heavy (non-hydrogen) atoms. The predicted octanol–water partition coefficient (Wildman–Crippen LogP) is 1.61. The van der Waals surface area contributed by atoms with Crippen LogP contribution in [0.4, 0.5) is 5.69 Å². The van der Waals surface area contributed by atoms with E-state index in [0.29, 0.717) is 12.1 Å². The van der Waals surface area contributed by atoms with Crippen LogP contribution in [-0.4, -0.2) is 28.3 Å². The lowest BCUT2D eigenvalue weighted by molar-refractivity contribution is -0.386. The first kappa shape index (κ1) is 13.5. The van der Waals surface area contributed by atoms with Crippen LogP contribution in [-0.2, 0) is 4.79 Å². The van der Waals surface area contributed by atoms with E-state index in [1.54, 1.807) is 23.1 Å². The fraction of sp³-hybridized carbons (Fsp3) is 0.462. The maximum atomic E-state index is 11.9. The zero-order chi connectivity index (χ0) is 14.0. The van der Waals surface area contributed by atoms with Gasteiger partial charge in [-0.2, -0.15) is 0 Å². The van der Waals surface area contributed by atoms with Crippen molar-refractivity contribution in [1.29, 1.82) is 0 Å². The first-order chi connectivity index (χ1) is 9.06. The second-order valence-corrected chi connectivity index (χ2v) is 4.72. The van der Waals surface area contributed by atoms with E-state index >= 15 is 0 Å². The first-order valence-corrected chi connectivity index (χ1v) is 6.34. The van der Waals surface area contributed by atoms with Crippen molar-refractivity contribution in [1.82, 2.24) is 4.90 Å². The fourth-order valence-electron chi connectivity index (χ4n) is 2.62. The molecule has 0 saturated carbocycles. The Bertz CT molecular complexity index is 504. The molecule has 6 nitrogen and oxygen atoms in total. The molecule has 0 radical (unpaired) electrons. The van der Waals surface area contributed by atoms with Crippen molar-refractivity contribution in [3.63, 3.8) is 0 Å². The molecular weight excluding hydrogens is 246 g/mol. The van der Waals surface area contributed by atoms with Gasteiger partial charge in [0, 0.05) is 25.1 Å². The molecule has 0 aromatic heterocycles. The van der Waals surface area contributed by atoms with Crippen LogP contribution in [0.1, 0.15) is 31.4 Å². The number of benzene rings is 1. The Balaban J connectivity index is 2.44. The molecule has 1 aromatic rings. The molecule has 2 N–H and O–H groups in total.